The average molecular weight is 403 g/mol. The molecule has 2 aromatic heterocycles. The number of nitrogens with zero attached hydrogens (tertiary/aromatic N) is 6. The van der Waals surface area contributed by atoms with Gasteiger partial charge in [0.05, 0.1) is 5.52 Å². The van der Waals surface area contributed by atoms with Crippen LogP contribution in [0.4, 0.5) is 17.5 Å². The maximum Gasteiger partial charge on any atom is 0.227 e. The molecule has 2 aliphatic rings. The zero-order chi connectivity index (χ0) is 20.5. The molecule has 2 saturated heterocycles. The van der Waals surface area contributed by atoms with Gasteiger partial charge < -0.3 is 14.7 Å². The monoisotopic (exact) mass is 402 g/mol. The van der Waals surface area contributed by atoms with Crippen LogP contribution in [0.15, 0.2) is 36.5 Å². The van der Waals surface area contributed by atoms with Gasteiger partial charge in [0.25, 0.3) is 0 Å². The molecule has 156 valence electrons. The second-order valence-electron chi connectivity index (χ2n) is 8.54. The lowest BCUT2D eigenvalue weighted by Crippen LogP contribution is -2.47. The van der Waals surface area contributed by atoms with E-state index in [0.29, 0.717) is 0 Å². The van der Waals surface area contributed by atoms with Crippen LogP contribution in [-0.2, 0) is 0 Å². The molecule has 0 bridgehead atoms. The number of hydrogen-bond acceptors (Lipinski definition) is 6. The highest BCUT2D eigenvalue weighted by atomic mass is 15.3. The van der Waals surface area contributed by atoms with Crippen molar-refractivity contribution in [2.24, 2.45) is 0 Å². The van der Waals surface area contributed by atoms with Crippen LogP contribution in [-0.4, -0.2) is 54.2 Å². The molecule has 4 heterocycles. The van der Waals surface area contributed by atoms with E-state index in [0.717, 1.165) is 62.2 Å². The topological polar surface area (TPSA) is 48.4 Å². The predicted molar refractivity (Wildman–Crippen MR) is 124 cm³/mol. The lowest BCUT2D eigenvalue weighted by molar-refractivity contribution is 0.566. The summed E-state index contributed by atoms with van der Waals surface area (Å²) in [6.45, 7) is 10.2. The van der Waals surface area contributed by atoms with Crippen LogP contribution >= 0.6 is 0 Å². The smallest absolute Gasteiger partial charge is 0.227 e. The highest BCUT2D eigenvalue weighted by molar-refractivity contribution is 5.92. The fourth-order valence-electron chi connectivity index (χ4n) is 4.63. The Balaban J connectivity index is 1.33. The van der Waals surface area contributed by atoms with Crippen molar-refractivity contribution in [3.05, 3.63) is 47.8 Å². The maximum atomic E-state index is 4.95. The number of pyridine rings is 1. The molecule has 5 rings (SSSR count). The number of fused-ring (bicyclic) bond motifs is 1. The van der Waals surface area contributed by atoms with Crippen LogP contribution in [0.3, 0.4) is 0 Å². The van der Waals surface area contributed by atoms with Crippen molar-refractivity contribution in [3.8, 4) is 0 Å². The summed E-state index contributed by atoms with van der Waals surface area (Å²) in [5, 5.41) is 1.24. The van der Waals surface area contributed by atoms with Gasteiger partial charge in [-0.15, -0.1) is 0 Å². The Morgan fingerprint density at radius 2 is 1.50 bits per heavy atom. The number of piperazine rings is 1. The lowest BCUT2D eigenvalue weighted by atomic mass is 10.1. The molecule has 2 fully saturated rings. The first-order valence-electron chi connectivity index (χ1n) is 11.1. The highest BCUT2D eigenvalue weighted by Gasteiger charge is 2.22. The van der Waals surface area contributed by atoms with Crippen LogP contribution in [0.1, 0.15) is 30.5 Å². The van der Waals surface area contributed by atoms with Crippen LogP contribution in [0, 0.1) is 13.8 Å². The van der Waals surface area contributed by atoms with E-state index in [2.05, 4.69) is 63.9 Å². The standard InChI is InChI=1S/C24H30N6/c1-18-6-7-20-21(16-18)25-9-8-22(20)28-12-14-29(15-13-28)23-17-19(2)26-24(27-23)30-10-4-3-5-11-30/h6-9,16-17H,3-5,10-15H2,1-2H3. The van der Waals surface area contributed by atoms with Crippen molar-refractivity contribution in [2.45, 2.75) is 33.1 Å². The van der Waals surface area contributed by atoms with Crippen molar-refractivity contribution < 1.29 is 0 Å². The molecular weight excluding hydrogens is 372 g/mol. The first kappa shape index (κ1) is 19.1. The molecule has 1 aromatic carbocycles. The third-order valence-electron chi connectivity index (χ3n) is 6.29. The summed E-state index contributed by atoms with van der Waals surface area (Å²) >= 11 is 0. The highest BCUT2D eigenvalue weighted by Crippen LogP contribution is 2.28. The Morgan fingerprint density at radius 3 is 2.30 bits per heavy atom. The van der Waals surface area contributed by atoms with Crippen molar-refractivity contribution in [1.82, 2.24) is 15.0 Å². The third kappa shape index (κ3) is 3.78. The molecule has 0 N–H and O–H groups in total. The van der Waals surface area contributed by atoms with Gasteiger partial charge in [-0.1, -0.05) is 12.1 Å². The number of piperidine rings is 1. The largest absolute Gasteiger partial charge is 0.367 e. The van der Waals surface area contributed by atoms with E-state index in [1.165, 1.54) is 35.9 Å². The number of hydrogen-bond donors (Lipinski definition) is 0. The van der Waals surface area contributed by atoms with Gasteiger partial charge in [-0.2, -0.15) is 4.98 Å². The fourth-order valence-corrected chi connectivity index (χ4v) is 4.63. The van der Waals surface area contributed by atoms with Crippen LogP contribution in [0.25, 0.3) is 10.9 Å². The average Bonchev–Trinajstić information content (AvgIpc) is 2.79. The minimum Gasteiger partial charge on any atom is -0.367 e. The van der Waals surface area contributed by atoms with E-state index in [9.17, 15) is 0 Å². The minimum absolute atomic E-state index is 0.905. The van der Waals surface area contributed by atoms with Crippen molar-refractivity contribution >= 4 is 28.4 Å². The predicted octanol–water partition coefficient (Wildman–Crippen LogP) is 3.96. The molecule has 0 aliphatic carbocycles. The van der Waals surface area contributed by atoms with E-state index in [4.69, 9.17) is 9.97 Å². The Morgan fingerprint density at radius 1 is 0.733 bits per heavy atom. The Bertz CT molecular complexity index is 1040. The normalized spacial score (nSPS) is 17.6. The van der Waals surface area contributed by atoms with Gasteiger partial charge in [0, 0.05) is 68.3 Å². The van der Waals surface area contributed by atoms with E-state index < -0.39 is 0 Å². The molecule has 0 unspecified atom stereocenters. The second kappa shape index (κ2) is 8.09. The quantitative estimate of drug-likeness (QED) is 0.661. The zero-order valence-corrected chi connectivity index (χ0v) is 18.0. The number of aryl methyl sites for hydroxylation is 2. The molecule has 0 saturated carbocycles. The summed E-state index contributed by atoms with van der Waals surface area (Å²) in [6.07, 6.45) is 5.73. The number of anilines is 3. The molecule has 0 amide bonds. The Kier molecular flexibility index (Phi) is 5.15. The molecular formula is C24H30N6. The van der Waals surface area contributed by atoms with Gasteiger partial charge in [0.2, 0.25) is 5.95 Å². The Labute approximate surface area is 178 Å². The zero-order valence-electron chi connectivity index (χ0n) is 18.0. The summed E-state index contributed by atoms with van der Waals surface area (Å²) < 4.78 is 0. The number of benzene rings is 1. The van der Waals surface area contributed by atoms with Gasteiger partial charge in [-0.25, -0.2) is 4.98 Å². The van der Waals surface area contributed by atoms with Crippen LogP contribution < -0.4 is 14.7 Å². The van der Waals surface area contributed by atoms with Gasteiger partial charge >= 0.3 is 0 Å². The number of rotatable bonds is 3. The summed E-state index contributed by atoms with van der Waals surface area (Å²) in [7, 11) is 0. The molecule has 3 aromatic rings. The van der Waals surface area contributed by atoms with Crippen molar-refractivity contribution in [3.63, 3.8) is 0 Å². The summed E-state index contributed by atoms with van der Waals surface area (Å²) in [6, 6.07) is 10.8. The lowest BCUT2D eigenvalue weighted by Gasteiger charge is -2.37. The minimum atomic E-state index is 0.905. The number of aromatic nitrogens is 3. The van der Waals surface area contributed by atoms with E-state index in [-0.39, 0.29) is 0 Å². The second-order valence-corrected chi connectivity index (χ2v) is 8.54. The van der Waals surface area contributed by atoms with Crippen LogP contribution in [0.5, 0.6) is 0 Å². The first-order chi connectivity index (χ1) is 14.7. The summed E-state index contributed by atoms with van der Waals surface area (Å²) in [5.74, 6) is 1.97. The van der Waals surface area contributed by atoms with Crippen molar-refractivity contribution in [2.75, 3.05) is 54.0 Å². The molecule has 6 nitrogen and oxygen atoms in total. The molecule has 30 heavy (non-hydrogen) atoms. The maximum absolute atomic E-state index is 4.95. The molecule has 0 atom stereocenters. The van der Waals surface area contributed by atoms with E-state index in [1.54, 1.807) is 0 Å². The molecule has 2 aliphatic heterocycles. The Hall–Kier alpha value is -2.89. The first-order valence-corrected chi connectivity index (χ1v) is 11.1. The summed E-state index contributed by atoms with van der Waals surface area (Å²) in [5.41, 5.74) is 4.67. The van der Waals surface area contributed by atoms with Gasteiger partial charge in [0.1, 0.15) is 5.82 Å². The van der Waals surface area contributed by atoms with E-state index >= 15 is 0 Å². The summed E-state index contributed by atoms with van der Waals surface area (Å²) in [4.78, 5) is 21.5. The van der Waals surface area contributed by atoms with Gasteiger partial charge in [-0.3, -0.25) is 4.98 Å². The molecule has 0 spiro atoms. The SMILES string of the molecule is Cc1ccc2c(N3CCN(c4cc(C)nc(N5CCCCC5)n4)CC3)ccnc2c1. The fraction of sp³-hybridized carbons (Fsp3) is 0.458. The van der Waals surface area contributed by atoms with Crippen LogP contribution in [0.2, 0.25) is 0 Å². The van der Waals surface area contributed by atoms with Crippen molar-refractivity contribution in [1.29, 1.82) is 0 Å². The van der Waals surface area contributed by atoms with Gasteiger partial charge in [0.15, 0.2) is 0 Å². The molecule has 6 heteroatoms. The van der Waals surface area contributed by atoms with E-state index in [1.807, 2.05) is 6.20 Å². The third-order valence-corrected chi connectivity index (χ3v) is 6.29. The van der Waals surface area contributed by atoms with Gasteiger partial charge in [-0.05, 0) is 50.8 Å². The molecule has 0 radical (unpaired) electrons.